The highest BCUT2D eigenvalue weighted by molar-refractivity contribution is 4.98. The summed E-state index contributed by atoms with van der Waals surface area (Å²) in [5.74, 6) is 0.671. The molecule has 1 saturated heterocycles. The monoisotopic (exact) mass is 222 g/mol. The van der Waals surface area contributed by atoms with Gasteiger partial charge in [0.2, 0.25) is 0 Å². The normalized spacial score (nSPS) is 27.2. The Balaban J connectivity index is 1.99. The first-order chi connectivity index (χ1) is 7.70. The number of nitrogens with zero attached hydrogens (tertiary/aromatic N) is 3. The van der Waals surface area contributed by atoms with Crippen LogP contribution in [0.25, 0.3) is 0 Å². The van der Waals surface area contributed by atoms with Crippen molar-refractivity contribution in [2.75, 3.05) is 13.1 Å². The zero-order chi connectivity index (χ0) is 11.5. The highest BCUT2D eigenvalue weighted by Crippen LogP contribution is 2.22. The lowest BCUT2D eigenvalue weighted by atomic mass is 9.93. The standard InChI is InChI=1S/C12H22N4/c1-10-3-4-11(5-13)7-16(10)8-12-6-14-9-15(12)2/h6,9-11H,3-5,7-8,13H2,1-2H3. The van der Waals surface area contributed by atoms with Crippen LogP contribution in [0.4, 0.5) is 0 Å². The molecule has 90 valence electrons. The van der Waals surface area contributed by atoms with Gasteiger partial charge in [-0.25, -0.2) is 4.98 Å². The number of hydrogen-bond donors (Lipinski definition) is 1. The fourth-order valence-electron chi connectivity index (χ4n) is 2.42. The number of nitrogens with two attached hydrogens (primary N) is 1. The predicted molar refractivity (Wildman–Crippen MR) is 64.9 cm³/mol. The molecule has 2 unspecified atom stereocenters. The topological polar surface area (TPSA) is 47.1 Å². The van der Waals surface area contributed by atoms with E-state index in [4.69, 9.17) is 5.73 Å². The Morgan fingerprint density at radius 1 is 1.50 bits per heavy atom. The van der Waals surface area contributed by atoms with E-state index in [1.165, 1.54) is 18.5 Å². The van der Waals surface area contributed by atoms with Gasteiger partial charge in [0.1, 0.15) is 0 Å². The first-order valence-corrected chi connectivity index (χ1v) is 6.10. The minimum Gasteiger partial charge on any atom is -0.337 e. The number of imidazole rings is 1. The summed E-state index contributed by atoms with van der Waals surface area (Å²) in [6, 6.07) is 0.665. The lowest BCUT2D eigenvalue weighted by molar-refractivity contribution is 0.111. The summed E-state index contributed by atoms with van der Waals surface area (Å²) in [4.78, 5) is 6.69. The van der Waals surface area contributed by atoms with Gasteiger partial charge in [0.05, 0.1) is 12.0 Å². The summed E-state index contributed by atoms with van der Waals surface area (Å²) in [6.45, 7) is 5.24. The zero-order valence-electron chi connectivity index (χ0n) is 10.3. The zero-order valence-corrected chi connectivity index (χ0v) is 10.3. The molecule has 1 aromatic heterocycles. The Labute approximate surface area is 97.4 Å². The molecule has 16 heavy (non-hydrogen) atoms. The average molecular weight is 222 g/mol. The molecule has 0 aliphatic carbocycles. The van der Waals surface area contributed by atoms with Crippen LogP contribution in [0.15, 0.2) is 12.5 Å². The minimum atomic E-state index is 0.665. The average Bonchev–Trinajstić information content (AvgIpc) is 2.68. The van der Waals surface area contributed by atoms with E-state index < -0.39 is 0 Å². The van der Waals surface area contributed by atoms with Gasteiger partial charge in [-0.2, -0.15) is 0 Å². The second-order valence-corrected chi connectivity index (χ2v) is 4.95. The summed E-state index contributed by atoms with van der Waals surface area (Å²) < 4.78 is 2.10. The number of aromatic nitrogens is 2. The van der Waals surface area contributed by atoms with Crippen molar-refractivity contribution < 1.29 is 0 Å². The molecule has 0 aromatic carbocycles. The highest BCUT2D eigenvalue weighted by atomic mass is 15.2. The van der Waals surface area contributed by atoms with E-state index in [9.17, 15) is 0 Å². The fraction of sp³-hybridized carbons (Fsp3) is 0.750. The van der Waals surface area contributed by atoms with Gasteiger partial charge in [-0.05, 0) is 32.2 Å². The number of rotatable bonds is 3. The van der Waals surface area contributed by atoms with Crippen LogP contribution in [0.5, 0.6) is 0 Å². The summed E-state index contributed by atoms with van der Waals surface area (Å²) in [7, 11) is 2.05. The lowest BCUT2D eigenvalue weighted by Crippen LogP contribution is -2.43. The van der Waals surface area contributed by atoms with Gasteiger partial charge in [-0.1, -0.05) is 0 Å². The Kier molecular flexibility index (Phi) is 3.61. The van der Waals surface area contributed by atoms with Crippen LogP contribution >= 0.6 is 0 Å². The van der Waals surface area contributed by atoms with Crippen molar-refractivity contribution in [2.45, 2.75) is 32.4 Å². The maximum atomic E-state index is 5.77. The highest BCUT2D eigenvalue weighted by Gasteiger charge is 2.24. The molecule has 0 bridgehead atoms. The van der Waals surface area contributed by atoms with Crippen molar-refractivity contribution in [1.82, 2.24) is 14.5 Å². The smallest absolute Gasteiger partial charge is 0.0945 e. The van der Waals surface area contributed by atoms with Crippen LogP contribution in [0, 0.1) is 5.92 Å². The van der Waals surface area contributed by atoms with Crippen LogP contribution in [0.1, 0.15) is 25.5 Å². The number of aryl methyl sites for hydroxylation is 1. The molecule has 2 atom stereocenters. The third-order valence-corrected chi connectivity index (χ3v) is 3.72. The Morgan fingerprint density at radius 3 is 2.94 bits per heavy atom. The number of likely N-dealkylation sites (tertiary alicyclic amines) is 1. The van der Waals surface area contributed by atoms with Crippen LogP contribution in [-0.2, 0) is 13.6 Å². The van der Waals surface area contributed by atoms with Gasteiger partial charge in [0, 0.05) is 32.4 Å². The quantitative estimate of drug-likeness (QED) is 0.829. The summed E-state index contributed by atoms with van der Waals surface area (Å²) in [5, 5.41) is 0. The number of hydrogen-bond acceptors (Lipinski definition) is 3. The molecular formula is C12H22N4. The predicted octanol–water partition coefficient (Wildman–Crippen LogP) is 0.979. The van der Waals surface area contributed by atoms with Gasteiger partial charge in [-0.15, -0.1) is 0 Å². The first-order valence-electron chi connectivity index (χ1n) is 6.10. The van der Waals surface area contributed by atoms with Crippen molar-refractivity contribution >= 4 is 0 Å². The largest absolute Gasteiger partial charge is 0.337 e. The van der Waals surface area contributed by atoms with E-state index in [1.54, 1.807) is 0 Å². The van der Waals surface area contributed by atoms with Crippen molar-refractivity contribution in [3.8, 4) is 0 Å². The minimum absolute atomic E-state index is 0.665. The molecule has 2 heterocycles. The van der Waals surface area contributed by atoms with Crippen molar-refractivity contribution in [1.29, 1.82) is 0 Å². The molecule has 0 spiro atoms. The molecular weight excluding hydrogens is 200 g/mol. The van der Waals surface area contributed by atoms with Gasteiger partial charge in [0.15, 0.2) is 0 Å². The third kappa shape index (κ3) is 2.44. The molecule has 0 radical (unpaired) electrons. The van der Waals surface area contributed by atoms with Crippen LogP contribution < -0.4 is 5.73 Å². The van der Waals surface area contributed by atoms with E-state index in [-0.39, 0.29) is 0 Å². The van der Waals surface area contributed by atoms with Crippen molar-refractivity contribution in [3.63, 3.8) is 0 Å². The molecule has 0 saturated carbocycles. The Morgan fingerprint density at radius 2 is 2.31 bits per heavy atom. The second-order valence-electron chi connectivity index (χ2n) is 4.95. The van der Waals surface area contributed by atoms with Crippen molar-refractivity contribution in [2.24, 2.45) is 18.7 Å². The lowest BCUT2D eigenvalue weighted by Gasteiger charge is -2.37. The van der Waals surface area contributed by atoms with Gasteiger partial charge >= 0.3 is 0 Å². The molecule has 1 aliphatic rings. The van der Waals surface area contributed by atoms with E-state index in [0.717, 1.165) is 19.6 Å². The Bertz CT molecular complexity index is 334. The molecule has 1 fully saturated rings. The second kappa shape index (κ2) is 4.97. The van der Waals surface area contributed by atoms with Crippen LogP contribution in [0.2, 0.25) is 0 Å². The summed E-state index contributed by atoms with van der Waals surface area (Å²) >= 11 is 0. The maximum absolute atomic E-state index is 5.77. The molecule has 0 amide bonds. The van der Waals surface area contributed by atoms with E-state index in [0.29, 0.717) is 12.0 Å². The molecule has 4 heteroatoms. The van der Waals surface area contributed by atoms with Gasteiger partial charge in [0.25, 0.3) is 0 Å². The third-order valence-electron chi connectivity index (χ3n) is 3.72. The maximum Gasteiger partial charge on any atom is 0.0945 e. The molecule has 1 aromatic rings. The number of piperidine rings is 1. The molecule has 1 aliphatic heterocycles. The molecule has 4 nitrogen and oxygen atoms in total. The van der Waals surface area contributed by atoms with Crippen LogP contribution in [-0.4, -0.2) is 33.6 Å². The first kappa shape index (κ1) is 11.6. The summed E-state index contributed by atoms with van der Waals surface area (Å²) in [6.07, 6.45) is 6.36. The summed E-state index contributed by atoms with van der Waals surface area (Å²) in [5.41, 5.74) is 7.05. The molecule has 2 rings (SSSR count). The van der Waals surface area contributed by atoms with Gasteiger partial charge in [-0.3, -0.25) is 4.90 Å². The Hall–Kier alpha value is -0.870. The van der Waals surface area contributed by atoms with E-state index in [2.05, 4.69) is 28.4 Å². The van der Waals surface area contributed by atoms with Crippen LogP contribution in [0.3, 0.4) is 0 Å². The van der Waals surface area contributed by atoms with Gasteiger partial charge < -0.3 is 10.3 Å². The fourth-order valence-corrected chi connectivity index (χ4v) is 2.42. The van der Waals surface area contributed by atoms with E-state index >= 15 is 0 Å². The molecule has 2 N–H and O–H groups in total. The van der Waals surface area contributed by atoms with Crippen molar-refractivity contribution in [3.05, 3.63) is 18.2 Å². The van der Waals surface area contributed by atoms with E-state index in [1.807, 2.05) is 12.5 Å². The SMILES string of the molecule is CC1CCC(CN)CN1Cc1cncn1C.